The molecular formula is C19H21FN2O3S. The van der Waals surface area contributed by atoms with Gasteiger partial charge in [-0.3, -0.25) is 4.98 Å². The van der Waals surface area contributed by atoms with Crippen LogP contribution in [0.25, 0.3) is 22.1 Å². The molecule has 5 nitrogen and oxygen atoms in total. The van der Waals surface area contributed by atoms with Crippen molar-refractivity contribution in [2.45, 2.75) is 38.7 Å². The van der Waals surface area contributed by atoms with Crippen molar-refractivity contribution in [3.05, 3.63) is 53.8 Å². The van der Waals surface area contributed by atoms with E-state index < -0.39 is 21.5 Å². The van der Waals surface area contributed by atoms with Gasteiger partial charge in [-0.25, -0.2) is 13.3 Å². The number of aromatic nitrogens is 1. The van der Waals surface area contributed by atoms with Gasteiger partial charge in [-0.2, -0.15) is 0 Å². The van der Waals surface area contributed by atoms with Gasteiger partial charge < -0.3 is 9.52 Å². The normalized spacial score (nSPS) is 13.3. The molecule has 0 aliphatic heterocycles. The van der Waals surface area contributed by atoms with Crippen LogP contribution >= 0.6 is 0 Å². The second-order valence-corrected chi connectivity index (χ2v) is 9.01. The molecule has 0 saturated carbocycles. The second-order valence-electron chi connectivity index (χ2n) is 6.96. The monoisotopic (exact) mass is 376 g/mol. The molecule has 1 atom stereocenters. The molecule has 2 N–H and O–H groups in total. The van der Waals surface area contributed by atoms with E-state index in [0.717, 1.165) is 5.39 Å². The lowest BCUT2D eigenvalue weighted by molar-refractivity contribution is 0.282. The van der Waals surface area contributed by atoms with Crippen LogP contribution in [0.1, 0.15) is 32.0 Å². The van der Waals surface area contributed by atoms with E-state index in [0.29, 0.717) is 22.3 Å². The molecule has 2 heterocycles. The van der Waals surface area contributed by atoms with Crippen molar-refractivity contribution < 1.29 is 18.1 Å². The standard InChI is InChI=1S/C19H21FN2O3S/c1-19(2,3)26(24)22-10-16-17(20)14(4-6-21-16)15-9-12(11-23)8-13-5-7-25-18(13)15/h4-9,22-23H,10-11H2,1-3H3/t26-/m0/s1. The van der Waals surface area contributed by atoms with Gasteiger partial charge in [0.15, 0.2) is 5.82 Å². The number of furan rings is 1. The van der Waals surface area contributed by atoms with E-state index in [9.17, 15) is 9.32 Å². The molecule has 0 unspecified atom stereocenters. The van der Waals surface area contributed by atoms with Gasteiger partial charge in [-0.05, 0) is 50.6 Å². The molecule has 0 bridgehead atoms. The zero-order chi connectivity index (χ0) is 18.9. The first-order valence-electron chi connectivity index (χ1n) is 8.21. The molecule has 0 spiro atoms. The van der Waals surface area contributed by atoms with Crippen molar-refractivity contribution in [3.8, 4) is 11.1 Å². The number of nitrogens with one attached hydrogen (secondary N) is 1. The number of aliphatic hydroxyl groups is 1. The van der Waals surface area contributed by atoms with Crippen molar-refractivity contribution in [1.82, 2.24) is 9.71 Å². The molecule has 3 rings (SSSR count). The average molecular weight is 376 g/mol. The van der Waals surface area contributed by atoms with Gasteiger partial charge in [0.2, 0.25) is 0 Å². The summed E-state index contributed by atoms with van der Waals surface area (Å²) in [5.41, 5.74) is 2.26. The minimum Gasteiger partial charge on any atom is -0.464 e. The van der Waals surface area contributed by atoms with Gasteiger partial charge in [0.1, 0.15) is 5.58 Å². The van der Waals surface area contributed by atoms with E-state index in [-0.39, 0.29) is 18.8 Å². The lowest BCUT2D eigenvalue weighted by atomic mass is 10.00. The van der Waals surface area contributed by atoms with Gasteiger partial charge in [0, 0.05) is 22.7 Å². The second kappa shape index (κ2) is 7.26. The molecule has 0 fully saturated rings. The Hall–Kier alpha value is -2.09. The van der Waals surface area contributed by atoms with Gasteiger partial charge >= 0.3 is 0 Å². The summed E-state index contributed by atoms with van der Waals surface area (Å²) in [4.78, 5) is 4.08. The third-order valence-electron chi connectivity index (χ3n) is 3.97. The number of fused-ring (bicyclic) bond motifs is 1. The first-order valence-corrected chi connectivity index (χ1v) is 9.36. The summed E-state index contributed by atoms with van der Waals surface area (Å²) in [6.07, 6.45) is 3.04. The van der Waals surface area contributed by atoms with Crippen LogP contribution in [0.15, 0.2) is 41.1 Å². The smallest absolute Gasteiger partial charge is 0.154 e. The van der Waals surface area contributed by atoms with E-state index in [1.165, 1.54) is 12.5 Å². The summed E-state index contributed by atoms with van der Waals surface area (Å²) >= 11 is 0. The van der Waals surface area contributed by atoms with Crippen molar-refractivity contribution >= 4 is 22.0 Å². The fourth-order valence-electron chi connectivity index (χ4n) is 2.60. The Kier molecular flexibility index (Phi) is 5.22. The fourth-order valence-corrected chi connectivity index (χ4v) is 3.30. The molecule has 0 radical (unpaired) electrons. The molecule has 2 aromatic heterocycles. The van der Waals surface area contributed by atoms with Gasteiger partial charge in [-0.1, -0.05) is 0 Å². The fraction of sp³-hybridized carbons (Fsp3) is 0.316. The maximum atomic E-state index is 15.1. The van der Waals surface area contributed by atoms with Crippen LogP contribution in [0.3, 0.4) is 0 Å². The number of benzene rings is 1. The van der Waals surface area contributed by atoms with Crippen molar-refractivity contribution in [3.63, 3.8) is 0 Å². The topological polar surface area (TPSA) is 75.4 Å². The lowest BCUT2D eigenvalue weighted by Gasteiger charge is -2.18. The van der Waals surface area contributed by atoms with Gasteiger partial charge in [0.05, 0.1) is 40.8 Å². The van der Waals surface area contributed by atoms with E-state index >= 15 is 4.39 Å². The molecule has 7 heteroatoms. The largest absolute Gasteiger partial charge is 0.464 e. The average Bonchev–Trinajstić information content (AvgIpc) is 3.07. The summed E-state index contributed by atoms with van der Waals surface area (Å²) < 4.78 is 35.1. The highest BCUT2D eigenvalue weighted by Crippen LogP contribution is 2.33. The molecule has 1 aromatic carbocycles. The van der Waals surface area contributed by atoms with E-state index in [1.807, 2.05) is 20.8 Å². The van der Waals surface area contributed by atoms with Crippen molar-refractivity contribution in [2.75, 3.05) is 0 Å². The van der Waals surface area contributed by atoms with Crippen LogP contribution in [0.4, 0.5) is 4.39 Å². The molecule has 26 heavy (non-hydrogen) atoms. The lowest BCUT2D eigenvalue weighted by Crippen LogP contribution is -2.33. The maximum Gasteiger partial charge on any atom is 0.154 e. The minimum absolute atomic E-state index is 0.0462. The third kappa shape index (κ3) is 3.70. The quantitative estimate of drug-likeness (QED) is 0.712. The van der Waals surface area contributed by atoms with Crippen LogP contribution in [-0.2, 0) is 24.1 Å². The highest BCUT2D eigenvalue weighted by molar-refractivity contribution is 7.84. The number of rotatable bonds is 5. The Labute approximate surface area is 153 Å². The SMILES string of the molecule is CC(C)(C)[S@](=O)NCc1nccc(-c2cc(CO)cc3ccoc23)c1F. The van der Waals surface area contributed by atoms with Crippen LogP contribution < -0.4 is 4.72 Å². The summed E-state index contributed by atoms with van der Waals surface area (Å²) in [5, 5.41) is 10.3. The first-order chi connectivity index (χ1) is 12.3. The number of pyridine rings is 1. The highest BCUT2D eigenvalue weighted by atomic mass is 32.2. The van der Waals surface area contributed by atoms with Crippen LogP contribution in [0.5, 0.6) is 0 Å². The third-order valence-corrected chi connectivity index (χ3v) is 5.49. The number of aliphatic hydroxyl groups excluding tert-OH is 1. The summed E-state index contributed by atoms with van der Waals surface area (Å²) in [6, 6.07) is 6.84. The highest BCUT2D eigenvalue weighted by Gasteiger charge is 2.21. The Morgan fingerprint density at radius 1 is 1.27 bits per heavy atom. The maximum absolute atomic E-state index is 15.1. The van der Waals surface area contributed by atoms with Gasteiger partial charge in [-0.15, -0.1) is 0 Å². The Balaban J connectivity index is 2.00. The van der Waals surface area contributed by atoms with E-state index in [4.69, 9.17) is 4.42 Å². The van der Waals surface area contributed by atoms with Crippen LogP contribution in [0.2, 0.25) is 0 Å². The molecule has 0 aliphatic carbocycles. The number of nitrogens with zero attached hydrogens (tertiary/aromatic N) is 1. The Morgan fingerprint density at radius 3 is 2.73 bits per heavy atom. The Bertz CT molecular complexity index is 963. The first kappa shape index (κ1) is 18.7. The van der Waals surface area contributed by atoms with E-state index in [1.54, 1.807) is 24.3 Å². The van der Waals surface area contributed by atoms with Crippen molar-refractivity contribution in [2.24, 2.45) is 0 Å². The molecule has 3 aromatic rings. The zero-order valence-corrected chi connectivity index (χ0v) is 15.7. The predicted octanol–water partition coefficient (Wildman–Crippen LogP) is 3.68. The molecule has 138 valence electrons. The Morgan fingerprint density at radius 2 is 2.04 bits per heavy atom. The summed E-state index contributed by atoms with van der Waals surface area (Å²) in [5.74, 6) is -0.501. The minimum atomic E-state index is -1.33. The van der Waals surface area contributed by atoms with Crippen molar-refractivity contribution in [1.29, 1.82) is 0 Å². The van der Waals surface area contributed by atoms with Gasteiger partial charge in [0.25, 0.3) is 0 Å². The summed E-state index contributed by atoms with van der Waals surface area (Å²) in [7, 11) is -1.33. The summed E-state index contributed by atoms with van der Waals surface area (Å²) in [6.45, 7) is 5.41. The van der Waals surface area contributed by atoms with Crippen LogP contribution in [0, 0.1) is 5.82 Å². The van der Waals surface area contributed by atoms with Crippen LogP contribution in [-0.4, -0.2) is 19.0 Å². The molecule has 0 amide bonds. The number of halogens is 1. The number of hydrogen-bond donors (Lipinski definition) is 2. The molecule has 0 saturated heterocycles. The molecule has 0 aliphatic rings. The predicted molar refractivity (Wildman–Crippen MR) is 100 cm³/mol. The number of hydrogen-bond acceptors (Lipinski definition) is 4. The zero-order valence-electron chi connectivity index (χ0n) is 14.9. The van der Waals surface area contributed by atoms with E-state index in [2.05, 4.69) is 9.71 Å². The molecular weight excluding hydrogens is 355 g/mol.